The summed E-state index contributed by atoms with van der Waals surface area (Å²) in [4.78, 5) is 0. The second-order valence-electron chi connectivity index (χ2n) is 15.5. The minimum atomic E-state index is -0.0413. The number of aliphatic hydroxyl groups excluding tert-OH is 2. The van der Waals surface area contributed by atoms with Crippen LogP contribution in [0.15, 0.2) is 59.7 Å². The highest BCUT2D eigenvalue weighted by molar-refractivity contribution is 5.67. The van der Waals surface area contributed by atoms with Crippen LogP contribution in [0.5, 0.6) is 11.5 Å². The topological polar surface area (TPSA) is 107 Å². The lowest BCUT2D eigenvalue weighted by Gasteiger charge is -2.57. The normalized spacial score (nSPS) is 33.2. The molecule has 0 saturated heterocycles. The van der Waals surface area contributed by atoms with Crippen molar-refractivity contribution in [3.63, 3.8) is 0 Å². The summed E-state index contributed by atoms with van der Waals surface area (Å²) in [5, 5.41) is 28.1. The summed E-state index contributed by atoms with van der Waals surface area (Å²) >= 11 is 0. The number of aromatic hydroxyl groups is 1. The zero-order valence-corrected chi connectivity index (χ0v) is 29.4. The van der Waals surface area contributed by atoms with Gasteiger partial charge in [-0.2, -0.15) is 0 Å². The van der Waals surface area contributed by atoms with Gasteiger partial charge in [-0.3, -0.25) is 0 Å². The van der Waals surface area contributed by atoms with Gasteiger partial charge in [0.25, 0.3) is 0 Å². The molecule has 2 aromatic carbocycles. The van der Waals surface area contributed by atoms with Gasteiger partial charge in [0.1, 0.15) is 23.0 Å². The predicted molar refractivity (Wildman–Crippen MR) is 188 cm³/mol. The van der Waals surface area contributed by atoms with Gasteiger partial charge in [-0.05, 0) is 135 Å². The van der Waals surface area contributed by atoms with Crippen LogP contribution in [0.1, 0.15) is 75.3 Å². The molecule has 266 valence electrons. The first-order valence-electron chi connectivity index (χ1n) is 18.3. The summed E-state index contributed by atoms with van der Waals surface area (Å²) < 4.78 is 29.4. The van der Waals surface area contributed by atoms with Crippen molar-refractivity contribution in [2.24, 2.45) is 35.5 Å². The standard InChI is InChI=1S/C21H28O4.C20H26O4/c1-23-18-5-3-4-15(10-18)20(24-2)19-16-8-14-9-17(19)13-21(11-14,12-16)25-7-6-22;1-23-19(14-3-2-4-17(22)9-14)18-15-7-13-8-16(18)12-20(10-13,11-15)24-6-5-21/h3-5,10,14,16-17,22H,6-9,11-13H2,1-2H3;2-4,9,13,15-16,21-22H,5-8,10-12H2,1H3. The summed E-state index contributed by atoms with van der Waals surface area (Å²) in [6.45, 7) is 1.10. The maximum Gasteiger partial charge on any atom is 0.125 e. The quantitative estimate of drug-likeness (QED) is 0.219. The van der Waals surface area contributed by atoms with Crippen LogP contribution in [0.2, 0.25) is 0 Å². The molecular formula is C41H54O8. The van der Waals surface area contributed by atoms with Gasteiger partial charge in [0.05, 0.1) is 59.0 Å². The first-order chi connectivity index (χ1) is 23.8. The molecule has 4 atom stereocenters. The summed E-state index contributed by atoms with van der Waals surface area (Å²) in [5.74, 6) is 6.64. The van der Waals surface area contributed by atoms with Crippen molar-refractivity contribution in [1.29, 1.82) is 0 Å². The molecule has 3 N–H and O–H groups in total. The maximum atomic E-state index is 9.82. The zero-order valence-electron chi connectivity index (χ0n) is 29.4. The number of phenols is 1. The summed E-state index contributed by atoms with van der Waals surface area (Å²) in [6.07, 6.45) is 11.4. The Morgan fingerprint density at radius 2 is 1.08 bits per heavy atom. The van der Waals surface area contributed by atoms with Crippen LogP contribution in [0, 0.1) is 35.5 Å². The van der Waals surface area contributed by atoms with Crippen LogP contribution in [0.3, 0.4) is 0 Å². The molecule has 10 rings (SSSR count). The first-order valence-corrected chi connectivity index (χ1v) is 18.3. The highest BCUT2D eigenvalue weighted by atomic mass is 16.5. The van der Waals surface area contributed by atoms with E-state index in [0.717, 1.165) is 78.8 Å². The molecular weight excluding hydrogens is 620 g/mol. The number of ether oxygens (including phenoxy) is 5. The molecule has 8 fully saturated rings. The van der Waals surface area contributed by atoms with Gasteiger partial charge in [0, 0.05) is 11.1 Å². The molecule has 0 aliphatic heterocycles. The monoisotopic (exact) mass is 674 g/mol. The van der Waals surface area contributed by atoms with E-state index in [1.807, 2.05) is 24.3 Å². The van der Waals surface area contributed by atoms with Crippen LogP contribution < -0.4 is 4.74 Å². The van der Waals surface area contributed by atoms with Crippen molar-refractivity contribution in [2.45, 2.75) is 75.4 Å². The smallest absolute Gasteiger partial charge is 0.125 e. The van der Waals surface area contributed by atoms with E-state index in [9.17, 15) is 10.2 Å². The van der Waals surface area contributed by atoms with Crippen LogP contribution in [0.4, 0.5) is 0 Å². The molecule has 4 unspecified atom stereocenters. The molecule has 8 nitrogen and oxygen atoms in total. The van der Waals surface area contributed by atoms with E-state index >= 15 is 0 Å². The molecule has 0 radical (unpaired) electrons. The molecule has 8 heteroatoms. The average Bonchev–Trinajstić information content (AvgIpc) is 3.09. The van der Waals surface area contributed by atoms with Gasteiger partial charge in [-0.15, -0.1) is 0 Å². The average molecular weight is 675 g/mol. The van der Waals surface area contributed by atoms with Gasteiger partial charge in [-0.25, -0.2) is 0 Å². The fourth-order valence-electron chi connectivity index (χ4n) is 11.3. The van der Waals surface area contributed by atoms with Gasteiger partial charge >= 0.3 is 0 Å². The van der Waals surface area contributed by atoms with Crippen LogP contribution in [-0.4, -0.2) is 74.3 Å². The Bertz CT molecular complexity index is 1510. The summed E-state index contributed by atoms with van der Waals surface area (Å²) in [5.41, 5.74) is 4.91. The van der Waals surface area contributed by atoms with E-state index in [4.69, 9.17) is 28.8 Å². The van der Waals surface area contributed by atoms with Gasteiger partial charge in [0.15, 0.2) is 0 Å². The lowest BCUT2D eigenvalue weighted by molar-refractivity contribution is -0.149. The Morgan fingerprint density at radius 1 is 0.633 bits per heavy atom. The highest BCUT2D eigenvalue weighted by Crippen LogP contribution is 2.62. The Morgan fingerprint density at radius 3 is 1.49 bits per heavy atom. The van der Waals surface area contributed by atoms with E-state index < -0.39 is 0 Å². The fourth-order valence-corrected chi connectivity index (χ4v) is 11.3. The third kappa shape index (κ3) is 6.74. The zero-order chi connectivity index (χ0) is 34.2. The van der Waals surface area contributed by atoms with E-state index in [0.29, 0.717) is 36.9 Å². The molecule has 8 aliphatic carbocycles. The van der Waals surface area contributed by atoms with E-state index in [2.05, 4.69) is 12.1 Å². The number of benzene rings is 2. The van der Waals surface area contributed by atoms with Crippen LogP contribution >= 0.6 is 0 Å². The highest BCUT2D eigenvalue weighted by Gasteiger charge is 2.56. The fraction of sp³-hybridized carbons (Fsp3) is 0.610. The van der Waals surface area contributed by atoms with Crippen molar-refractivity contribution >= 4 is 11.5 Å². The van der Waals surface area contributed by atoms with Crippen molar-refractivity contribution < 1.29 is 39.0 Å². The molecule has 8 aliphatic rings. The predicted octanol–water partition coefficient (Wildman–Crippen LogP) is 6.98. The Kier molecular flexibility index (Phi) is 10.0. The van der Waals surface area contributed by atoms with E-state index in [1.165, 1.54) is 36.8 Å². The maximum absolute atomic E-state index is 9.82. The minimum Gasteiger partial charge on any atom is -0.508 e. The number of hydrogen-bond acceptors (Lipinski definition) is 8. The molecule has 8 saturated carbocycles. The Labute approximate surface area is 291 Å². The Hall–Kier alpha value is -3.04. The van der Waals surface area contributed by atoms with Crippen molar-refractivity contribution in [1.82, 2.24) is 0 Å². The van der Waals surface area contributed by atoms with Crippen molar-refractivity contribution in [3.8, 4) is 11.5 Å². The number of methoxy groups -OCH3 is 3. The number of hydrogen-bond donors (Lipinski definition) is 3. The molecule has 8 bridgehead atoms. The molecule has 49 heavy (non-hydrogen) atoms. The van der Waals surface area contributed by atoms with Gasteiger partial charge < -0.3 is 39.0 Å². The number of aliphatic hydroxyl groups is 2. The van der Waals surface area contributed by atoms with Crippen LogP contribution in [0.25, 0.3) is 11.5 Å². The minimum absolute atomic E-state index is 0.0179. The number of rotatable bonds is 11. The molecule has 0 heterocycles. The number of allylic oxidation sites excluding steroid dienone is 2. The second-order valence-corrected chi connectivity index (χ2v) is 15.5. The molecule has 2 aromatic rings. The number of phenolic OH excluding ortho intramolecular Hbond substituents is 1. The second kappa shape index (κ2) is 14.3. The lowest BCUT2D eigenvalue weighted by Crippen LogP contribution is -2.53. The first kappa shape index (κ1) is 34.4. The van der Waals surface area contributed by atoms with E-state index in [1.54, 1.807) is 33.5 Å². The summed E-state index contributed by atoms with van der Waals surface area (Å²) in [6, 6.07) is 15.5. The lowest BCUT2D eigenvalue weighted by atomic mass is 9.52. The van der Waals surface area contributed by atoms with Gasteiger partial charge in [-0.1, -0.05) is 24.3 Å². The molecule has 0 spiro atoms. The van der Waals surface area contributed by atoms with Crippen molar-refractivity contribution in [2.75, 3.05) is 47.8 Å². The Balaban J connectivity index is 0.000000154. The molecule has 0 amide bonds. The van der Waals surface area contributed by atoms with Crippen molar-refractivity contribution in [3.05, 3.63) is 70.8 Å². The molecule has 0 aromatic heterocycles. The van der Waals surface area contributed by atoms with E-state index in [-0.39, 0.29) is 30.2 Å². The van der Waals surface area contributed by atoms with Crippen LogP contribution in [-0.2, 0) is 18.9 Å². The third-order valence-corrected chi connectivity index (χ3v) is 12.4. The largest absolute Gasteiger partial charge is 0.508 e. The SMILES string of the molecule is COC(=C1C2CC3CC1CC(OCCO)(C3)C2)c1cccc(O)c1.COC(=C1C2CC3CC1CC(OCCO)(C3)C2)c1cccc(OC)c1. The van der Waals surface area contributed by atoms with Gasteiger partial charge in [0.2, 0.25) is 0 Å². The summed E-state index contributed by atoms with van der Waals surface area (Å²) in [7, 11) is 5.21. The third-order valence-electron chi connectivity index (χ3n) is 12.4.